The van der Waals surface area contributed by atoms with Crippen LogP contribution in [0.4, 0.5) is 0 Å². The van der Waals surface area contributed by atoms with Gasteiger partial charge in [0.15, 0.2) is 5.78 Å². The van der Waals surface area contributed by atoms with Gasteiger partial charge >= 0.3 is 0 Å². The van der Waals surface area contributed by atoms with Gasteiger partial charge in [-0.1, -0.05) is 6.08 Å². The van der Waals surface area contributed by atoms with Crippen molar-refractivity contribution in [3.05, 3.63) is 11.6 Å². The Morgan fingerprint density at radius 2 is 2.29 bits per heavy atom. The summed E-state index contributed by atoms with van der Waals surface area (Å²) in [6.07, 6.45) is 8.87. The lowest BCUT2D eigenvalue weighted by Gasteiger charge is -2.35. The van der Waals surface area contributed by atoms with Crippen molar-refractivity contribution in [1.82, 2.24) is 4.90 Å². The van der Waals surface area contributed by atoms with Crippen molar-refractivity contribution in [3.8, 4) is 0 Å². The standard InChI is InChI=1S/C14H21NO2/c16-14(11-5-2-1-3-6-11)13-9-15-8-4-7-12(15)10-17-13/h5,12-13H,1-4,6-10H2. The lowest BCUT2D eigenvalue weighted by molar-refractivity contribution is -0.134. The van der Waals surface area contributed by atoms with Gasteiger partial charge in [-0.15, -0.1) is 0 Å². The molecule has 2 aliphatic heterocycles. The quantitative estimate of drug-likeness (QED) is 0.732. The average Bonchev–Trinajstić information content (AvgIpc) is 2.86. The van der Waals surface area contributed by atoms with Crippen LogP contribution in [-0.2, 0) is 9.53 Å². The fourth-order valence-corrected chi connectivity index (χ4v) is 3.24. The first-order valence-corrected chi connectivity index (χ1v) is 6.93. The molecule has 0 amide bonds. The molecule has 2 saturated heterocycles. The number of hydrogen-bond acceptors (Lipinski definition) is 3. The van der Waals surface area contributed by atoms with Crippen LogP contribution in [0.1, 0.15) is 38.5 Å². The zero-order chi connectivity index (χ0) is 11.7. The second-order valence-corrected chi connectivity index (χ2v) is 5.45. The fraction of sp³-hybridized carbons (Fsp3) is 0.786. The van der Waals surface area contributed by atoms with Crippen LogP contribution in [0.25, 0.3) is 0 Å². The van der Waals surface area contributed by atoms with Crippen molar-refractivity contribution in [3.63, 3.8) is 0 Å². The first kappa shape index (κ1) is 11.4. The van der Waals surface area contributed by atoms with Gasteiger partial charge in [-0.3, -0.25) is 9.69 Å². The zero-order valence-corrected chi connectivity index (χ0v) is 10.4. The van der Waals surface area contributed by atoms with Crippen molar-refractivity contribution in [2.24, 2.45) is 0 Å². The molecule has 2 atom stereocenters. The Labute approximate surface area is 103 Å². The third-order valence-electron chi connectivity index (χ3n) is 4.29. The van der Waals surface area contributed by atoms with E-state index in [4.69, 9.17) is 4.74 Å². The molecular formula is C14H21NO2. The minimum absolute atomic E-state index is 0.186. The van der Waals surface area contributed by atoms with E-state index in [-0.39, 0.29) is 11.9 Å². The third kappa shape index (κ3) is 2.31. The molecule has 3 aliphatic rings. The number of nitrogens with zero attached hydrogens (tertiary/aromatic N) is 1. The Morgan fingerprint density at radius 3 is 3.12 bits per heavy atom. The van der Waals surface area contributed by atoms with E-state index in [2.05, 4.69) is 11.0 Å². The maximum absolute atomic E-state index is 12.3. The molecule has 3 heteroatoms. The highest BCUT2D eigenvalue weighted by Crippen LogP contribution is 2.26. The number of morpholine rings is 1. The highest BCUT2D eigenvalue weighted by atomic mass is 16.5. The largest absolute Gasteiger partial charge is 0.367 e. The van der Waals surface area contributed by atoms with Crippen LogP contribution in [-0.4, -0.2) is 42.5 Å². The van der Waals surface area contributed by atoms with E-state index in [9.17, 15) is 4.79 Å². The minimum Gasteiger partial charge on any atom is -0.367 e. The van der Waals surface area contributed by atoms with Crippen LogP contribution < -0.4 is 0 Å². The van der Waals surface area contributed by atoms with Crippen LogP contribution >= 0.6 is 0 Å². The lowest BCUT2D eigenvalue weighted by atomic mass is 9.93. The van der Waals surface area contributed by atoms with Crippen molar-refractivity contribution < 1.29 is 9.53 Å². The molecule has 2 heterocycles. The molecule has 94 valence electrons. The van der Waals surface area contributed by atoms with Gasteiger partial charge < -0.3 is 4.74 Å². The smallest absolute Gasteiger partial charge is 0.188 e. The van der Waals surface area contributed by atoms with Gasteiger partial charge in [-0.2, -0.15) is 0 Å². The van der Waals surface area contributed by atoms with Crippen LogP contribution in [0.5, 0.6) is 0 Å². The van der Waals surface area contributed by atoms with E-state index in [1.807, 2.05) is 0 Å². The Kier molecular flexibility index (Phi) is 3.30. The Balaban J connectivity index is 1.64. The molecule has 1 aliphatic carbocycles. The highest BCUT2D eigenvalue weighted by molar-refractivity contribution is 5.99. The molecular weight excluding hydrogens is 214 g/mol. The summed E-state index contributed by atoms with van der Waals surface area (Å²) in [5, 5.41) is 0. The summed E-state index contributed by atoms with van der Waals surface area (Å²) in [5.41, 5.74) is 1.03. The van der Waals surface area contributed by atoms with Gasteiger partial charge in [0.1, 0.15) is 6.10 Å². The molecule has 0 N–H and O–H groups in total. The molecule has 0 aromatic rings. The van der Waals surface area contributed by atoms with Gasteiger partial charge in [0.25, 0.3) is 0 Å². The molecule has 0 aromatic carbocycles. The topological polar surface area (TPSA) is 29.5 Å². The molecule has 2 fully saturated rings. The third-order valence-corrected chi connectivity index (χ3v) is 4.29. The Morgan fingerprint density at radius 1 is 1.35 bits per heavy atom. The predicted octanol–water partition coefficient (Wildman–Crippen LogP) is 1.92. The van der Waals surface area contributed by atoms with E-state index in [0.717, 1.165) is 44.5 Å². The molecule has 0 bridgehead atoms. The second-order valence-electron chi connectivity index (χ2n) is 5.45. The molecule has 17 heavy (non-hydrogen) atoms. The molecule has 0 radical (unpaired) electrons. The number of carbonyl (C=O) groups excluding carboxylic acids is 1. The molecule has 0 spiro atoms. The van der Waals surface area contributed by atoms with Gasteiger partial charge in [-0.05, 0) is 50.6 Å². The van der Waals surface area contributed by atoms with Crippen LogP contribution in [0.3, 0.4) is 0 Å². The number of rotatable bonds is 2. The van der Waals surface area contributed by atoms with Crippen LogP contribution in [0.15, 0.2) is 11.6 Å². The number of carbonyl (C=O) groups is 1. The summed E-state index contributed by atoms with van der Waals surface area (Å²) < 4.78 is 5.77. The molecule has 0 saturated carbocycles. The second kappa shape index (κ2) is 4.91. The maximum atomic E-state index is 12.3. The first-order chi connectivity index (χ1) is 8.34. The summed E-state index contributed by atoms with van der Waals surface area (Å²) >= 11 is 0. The van der Waals surface area contributed by atoms with Gasteiger partial charge in [0.05, 0.1) is 6.61 Å². The summed E-state index contributed by atoms with van der Waals surface area (Å²) in [6, 6.07) is 0.583. The van der Waals surface area contributed by atoms with Gasteiger partial charge in [0.2, 0.25) is 0 Å². The van der Waals surface area contributed by atoms with Crippen molar-refractivity contribution in [2.75, 3.05) is 19.7 Å². The van der Waals surface area contributed by atoms with Gasteiger partial charge in [-0.25, -0.2) is 0 Å². The molecule has 2 unspecified atom stereocenters. The number of ether oxygens (including phenoxy) is 1. The average molecular weight is 235 g/mol. The van der Waals surface area contributed by atoms with Crippen molar-refractivity contribution >= 4 is 5.78 Å². The Bertz CT molecular complexity index is 337. The number of fused-ring (bicyclic) bond motifs is 1. The Hall–Kier alpha value is -0.670. The van der Waals surface area contributed by atoms with E-state index >= 15 is 0 Å². The summed E-state index contributed by atoms with van der Waals surface area (Å²) in [5.74, 6) is 0.259. The fourth-order valence-electron chi connectivity index (χ4n) is 3.24. The minimum atomic E-state index is -0.186. The SMILES string of the molecule is O=C(C1=CCCCC1)C1CN2CCCC2CO1. The maximum Gasteiger partial charge on any atom is 0.188 e. The first-order valence-electron chi connectivity index (χ1n) is 6.93. The highest BCUT2D eigenvalue weighted by Gasteiger charge is 2.36. The van der Waals surface area contributed by atoms with Crippen LogP contribution in [0, 0.1) is 0 Å². The number of ketones is 1. The monoisotopic (exact) mass is 235 g/mol. The van der Waals surface area contributed by atoms with Gasteiger partial charge in [0, 0.05) is 12.6 Å². The molecule has 3 nitrogen and oxygen atoms in total. The predicted molar refractivity (Wildman–Crippen MR) is 65.9 cm³/mol. The normalized spacial score (nSPS) is 34.2. The summed E-state index contributed by atoms with van der Waals surface area (Å²) in [4.78, 5) is 14.8. The van der Waals surface area contributed by atoms with Crippen molar-refractivity contribution in [1.29, 1.82) is 0 Å². The zero-order valence-electron chi connectivity index (χ0n) is 10.4. The number of Topliss-reactive ketones (excluding diaryl/α,β-unsaturated/α-hetero) is 1. The number of allylic oxidation sites excluding steroid dienone is 1. The molecule has 0 aromatic heterocycles. The summed E-state index contributed by atoms with van der Waals surface area (Å²) in [6.45, 7) is 2.72. The van der Waals surface area contributed by atoms with Crippen molar-refractivity contribution in [2.45, 2.75) is 50.7 Å². The molecule has 3 rings (SSSR count). The van der Waals surface area contributed by atoms with E-state index in [0.29, 0.717) is 6.04 Å². The summed E-state index contributed by atoms with van der Waals surface area (Å²) in [7, 11) is 0. The van der Waals surface area contributed by atoms with E-state index < -0.39 is 0 Å². The van der Waals surface area contributed by atoms with E-state index in [1.165, 1.54) is 19.3 Å². The van der Waals surface area contributed by atoms with E-state index in [1.54, 1.807) is 0 Å². The van der Waals surface area contributed by atoms with Crippen LogP contribution in [0.2, 0.25) is 0 Å². The number of hydrogen-bond donors (Lipinski definition) is 0. The lowest BCUT2D eigenvalue weighted by Crippen LogP contribution is -2.49.